The molecule has 0 unspecified atom stereocenters. The van der Waals surface area contributed by atoms with E-state index in [2.05, 4.69) is 31.3 Å². The molecule has 3 heteroatoms. The van der Waals surface area contributed by atoms with E-state index in [1.807, 2.05) is 30.3 Å². The Kier molecular flexibility index (Phi) is 3.39. The van der Waals surface area contributed by atoms with Crippen molar-refractivity contribution in [3.8, 4) is 0 Å². The molecule has 0 aromatic heterocycles. The number of benzene rings is 1. The fraction of sp³-hybridized carbons (Fsp3) is 0.556. The maximum absolute atomic E-state index is 12.0. The first-order valence-electron chi connectivity index (χ1n) is 7.83. The van der Waals surface area contributed by atoms with Crippen LogP contribution in [0.25, 0.3) is 0 Å². The lowest BCUT2D eigenvalue weighted by atomic mass is 9.70. The van der Waals surface area contributed by atoms with Gasteiger partial charge in [-0.1, -0.05) is 51.1 Å². The lowest BCUT2D eigenvalue weighted by molar-refractivity contribution is -0.120. The topological polar surface area (TPSA) is 41.5 Å². The summed E-state index contributed by atoms with van der Waals surface area (Å²) >= 11 is 0. The van der Waals surface area contributed by atoms with Crippen molar-refractivity contribution < 1.29 is 4.79 Å². The number of fused-ring (bicyclic) bond motifs is 2. The molecule has 2 bridgehead atoms. The third-order valence-corrected chi connectivity index (χ3v) is 6.04. The molecule has 2 fully saturated rings. The van der Waals surface area contributed by atoms with Gasteiger partial charge in [0, 0.05) is 11.1 Å². The van der Waals surface area contributed by atoms with Gasteiger partial charge in [-0.25, -0.2) is 5.43 Å². The number of hydrogen-bond donors (Lipinski definition) is 1. The number of nitrogens with one attached hydrogen (secondary N) is 1. The Balaban J connectivity index is 1.66. The van der Waals surface area contributed by atoms with Gasteiger partial charge < -0.3 is 0 Å². The standard InChI is InChI=1S/C18H24N2O/c1-17(2)14-9-10-18(17,3)15(12-14)19-20-16(21)11-13-7-5-4-6-8-13/h4-8,14H,9-12H2,1-3H3,(H,20,21)/b19-15-/t14-,18-/m0/s1. The minimum Gasteiger partial charge on any atom is -0.273 e. The Labute approximate surface area is 126 Å². The van der Waals surface area contributed by atoms with Gasteiger partial charge in [0.2, 0.25) is 5.91 Å². The predicted octanol–water partition coefficient (Wildman–Crippen LogP) is 3.55. The van der Waals surface area contributed by atoms with Gasteiger partial charge >= 0.3 is 0 Å². The molecule has 2 atom stereocenters. The molecule has 0 saturated heterocycles. The first-order valence-corrected chi connectivity index (χ1v) is 7.83. The molecular weight excluding hydrogens is 260 g/mol. The molecular formula is C18H24N2O. The van der Waals surface area contributed by atoms with E-state index in [-0.39, 0.29) is 11.3 Å². The van der Waals surface area contributed by atoms with Crippen LogP contribution in [0.1, 0.15) is 45.6 Å². The molecule has 1 N–H and O–H groups in total. The second-order valence-corrected chi connectivity index (χ2v) is 7.25. The Bertz CT molecular complexity index is 576. The number of hydrogen-bond acceptors (Lipinski definition) is 2. The van der Waals surface area contributed by atoms with Crippen molar-refractivity contribution in [3.05, 3.63) is 35.9 Å². The molecule has 1 amide bonds. The monoisotopic (exact) mass is 284 g/mol. The largest absolute Gasteiger partial charge is 0.273 e. The first-order chi connectivity index (χ1) is 9.93. The molecule has 0 aliphatic heterocycles. The van der Waals surface area contributed by atoms with E-state index in [1.165, 1.54) is 18.6 Å². The van der Waals surface area contributed by atoms with Crippen molar-refractivity contribution in [3.63, 3.8) is 0 Å². The summed E-state index contributed by atoms with van der Waals surface area (Å²) in [7, 11) is 0. The highest BCUT2D eigenvalue weighted by molar-refractivity contribution is 5.95. The zero-order chi connectivity index (χ0) is 15.1. The minimum absolute atomic E-state index is 0.0297. The number of carbonyl (C=O) groups excluding carboxylic acids is 1. The number of rotatable bonds is 3. The summed E-state index contributed by atoms with van der Waals surface area (Å²) in [5, 5.41) is 4.49. The van der Waals surface area contributed by atoms with Gasteiger partial charge in [-0.05, 0) is 36.2 Å². The van der Waals surface area contributed by atoms with E-state index in [0.29, 0.717) is 17.8 Å². The lowest BCUT2D eigenvalue weighted by Crippen LogP contribution is -2.34. The molecule has 2 aliphatic rings. The van der Waals surface area contributed by atoms with Crippen molar-refractivity contribution in [1.29, 1.82) is 0 Å². The van der Waals surface area contributed by atoms with Crippen LogP contribution in [-0.4, -0.2) is 11.6 Å². The van der Waals surface area contributed by atoms with Crippen molar-refractivity contribution >= 4 is 11.6 Å². The third kappa shape index (κ3) is 2.29. The normalized spacial score (nSPS) is 31.6. The molecule has 0 heterocycles. The van der Waals surface area contributed by atoms with Crippen molar-refractivity contribution in [2.24, 2.45) is 21.8 Å². The highest BCUT2D eigenvalue weighted by atomic mass is 16.2. The highest BCUT2D eigenvalue weighted by Crippen LogP contribution is 2.63. The van der Waals surface area contributed by atoms with E-state index in [0.717, 1.165) is 12.0 Å². The van der Waals surface area contributed by atoms with Crippen LogP contribution in [0.3, 0.4) is 0 Å². The number of hydrazone groups is 1. The first kappa shape index (κ1) is 14.3. The van der Waals surface area contributed by atoms with E-state index in [9.17, 15) is 4.79 Å². The van der Waals surface area contributed by atoms with Gasteiger partial charge in [0.1, 0.15) is 0 Å². The zero-order valence-electron chi connectivity index (χ0n) is 13.1. The van der Waals surface area contributed by atoms with Gasteiger partial charge in [0.05, 0.1) is 6.42 Å². The zero-order valence-corrected chi connectivity index (χ0v) is 13.1. The Hall–Kier alpha value is -1.64. The molecule has 112 valence electrons. The van der Waals surface area contributed by atoms with Crippen LogP contribution in [0.2, 0.25) is 0 Å². The van der Waals surface area contributed by atoms with Crippen molar-refractivity contribution in [1.82, 2.24) is 5.43 Å². The average Bonchev–Trinajstić information content (AvgIpc) is 2.79. The smallest absolute Gasteiger partial charge is 0.244 e. The van der Waals surface area contributed by atoms with E-state index < -0.39 is 0 Å². The van der Waals surface area contributed by atoms with Crippen LogP contribution in [0, 0.1) is 16.7 Å². The Morgan fingerprint density at radius 1 is 1.29 bits per heavy atom. The van der Waals surface area contributed by atoms with Gasteiger partial charge in [0.25, 0.3) is 0 Å². The maximum atomic E-state index is 12.0. The summed E-state index contributed by atoms with van der Waals surface area (Å²) in [6, 6.07) is 9.80. The molecule has 2 saturated carbocycles. The highest BCUT2D eigenvalue weighted by Gasteiger charge is 2.59. The molecule has 21 heavy (non-hydrogen) atoms. The minimum atomic E-state index is -0.0297. The van der Waals surface area contributed by atoms with Gasteiger partial charge in [-0.3, -0.25) is 4.79 Å². The second kappa shape index (κ2) is 4.97. The average molecular weight is 284 g/mol. The summed E-state index contributed by atoms with van der Waals surface area (Å²) in [5.74, 6) is 0.685. The molecule has 0 spiro atoms. The third-order valence-electron chi connectivity index (χ3n) is 6.04. The van der Waals surface area contributed by atoms with E-state index >= 15 is 0 Å². The Morgan fingerprint density at radius 3 is 2.57 bits per heavy atom. The fourth-order valence-corrected chi connectivity index (χ4v) is 4.05. The quantitative estimate of drug-likeness (QED) is 0.847. The predicted molar refractivity (Wildman–Crippen MR) is 85.0 cm³/mol. The maximum Gasteiger partial charge on any atom is 0.244 e. The molecule has 2 aliphatic carbocycles. The summed E-state index contributed by atoms with van der Waals surface area (Å²) in [4.78, 5) is 12.0. The van der Waals surface area contributed by atoms with Crippen LogP contribution in [0.5, 0.6) is 0 Å². The number of amides is 1. The SMILES string of the molecule is CC1(C)[C@H]2CC[C@@]1(C)/C(=N\NC(=O)Cc1ccccc1)C2. The molecule has 1 aromatic carbocycles. The van der Waals surface area contributed by atoms with Gasteiger partial charge in [-0.2, -0.15) is 5.10 Å². The second-order valence-electron chi connectivity index (χ2n) is 7.25. The molecule has 3 rings (SSSR count). The van der Waals surface area contributed by atoms with Crippen LogP contribution >= 0.6 is 0 Å². The number of carbonyl (C=O) groups is 1. The summed E-state index contributed by atoms with van der Waals surface area (Å²) in [6.07, 6.45) is 3.91. The van der Waals surface area contributed by atoms with Crippen LogP contribution < -0.4 is 5.43 Å². The van der Waals surface area contributed by atoms with Crippen molar-refractivity contribution in [2.75, 3.05) is 0 Å². The summed E-state index contributed by atoms with van der Waals surface area (Å²) in [5.41, 5.74) is 5.43. The fourth-order valence-electron chi connectivity index (χ4n) is 4.05. The van der Waals surface area contributed by atoms with Crippen LogP contribution in [0.4, 0.5) is 0 Å². The molecule has 1 aromatic rings. The van der Waals surface area contributed by atoms with Crippen molar-refractivity contribution in [2.45, 2.75) is 46.5 Å². The van der Waals surface area contributed by atoms with E-state index in [4.69, 9.17) is 0 Å². The van der Waals surface area contributed by atoms with Crippen LogP contribution in [0.15, 0.2) is 35.4 Å². The number of nitrogens with zero attached hydrogens (tertiary/aromatic N) is 1. The molecule has 0 radical (unpaired) electrons. The van der Waals surface area contributed by atoms with Gasteiger partial charge in [0.15, 0.2) is 0 Å². The molecule has 3 nitrogen and oxygen atoms in total. The van der Waals surface area contributed by atoms with E-state index in [1.54, 1.807) is 0 Å². The Morgan fingerprint density at radius 2 is 2.00 bits per heavy atom. The lowest BCUT2D eigenvalue weighted by Gasteiger charge is -2.34. The summed E-state index contributed by atoms with van der Waals surface area (Å²) < 4.78 is 0. The summed E-state index contributed by atoms with van der Waals surface area (Å²) in [6.45, 7) is 7.00. The van der Waals surface area contributed by atoms with Gasteiger partial charge in [-0.15, -0.1) is 0 Å². The van der Waals surface area contributed by atoms with Crippen LogP contribution in [-0.2, 0) is 11.2 Å².